The van der Waals surface area contributed by atoms with Crippen molar-refractivity contribution < 1.29 is 9.53 Å². The van der Waals surface area contributed by atoms with Crippen molar-refractivity contribution in [1.29, 1.82) is 0 Å². The molecule has 108 valence electrons. The van der Waals surface area contributed by atoms with Gasteiger partial charge in [0.1, 0.15) is 13.0 Å². The Labute approximate surface area is 122 Å². The fraction of sp³-hybridized carbons (Fsp3) is 0.688. The van der Waals surface area contributed by atoms with E-state index in [0.29, 0.717) is 6.61 Å². The Hall–Kier alpha value is -0.880. The first-order valence-corrected chi connectivity index (χ1v) is 8.18. The van der Waals surface area contributed by atoms with Gasteiger partial charge in [-0.2, -0.15) is 11.8 Å². The first-order valence-electron chi connectivity index (χ1n) is 7.02. The van der Waals surface area contributed by atoms with E-state index >= 15 is 0 Å². The lowest BCUT2D eigenvalue weighted by Crippen LogP contribution is -2.06. The van der Waals surface area contributed by atoms with Gasteiger partial charge < -0.3 is 4.74 Å². The Morgan fingerprint density at radius 1 is 1.37 bits per heavy atom. The van der Waals surface area contributed by atoms with Crippen LogP contribution in [0.1, 0.15) is 46.0 Å². The smallest absolute Gasteiger partial charge is 0.317 e. The summed E-state index contributed by atoms with van der Waals surface area (Å²) in [7, 11) is 0. The van der Waals surface area contributed by atoms with Crippen molar-refractivity contribution in [2.45, 2.75) is 46.0 Å². The van der Waals surface area contributed by atoms with E-state index < -0.39 is 0 Å². The van der Waals surface area contributed by atoms with E-state index in [9.17, 15) is 4.79 Å². The minimum atomic E-state index is -0.292. The number of rotatable bonds is 11. The molecular weight excluding hydrogens is 256 g/mol. The standard InChI is InChI=1S/C16H26O2S/c1-4-6-7-8-10-15(3)11-13-19-14-12-18-16(17)9-5-2/h2,6-7,15H,4,8-14H2,1,3H3/b7-6+. The van der Waals surface area contributed by atoms with E-state index in [2.05, 4.69) is 31.9 Å². The maximum atomic E-state index is 11.0. The molecule has 0 aromatic carbocycles. The zero-order valence-corrected chi connectivity index (χ0v) is 13.0. The van der Waals surface area contributed by atoms with Crippen LogP contribution in [0.4, 0.5) is 0 Å². The Kier molecular flexibility index (Phi) is 12.9. The lowest BCUT2D eigenvalue weighted by molar-refractivity contribution is -0.141. The van der Waals surface area contributed by atoms with Crippen molar-refractivity contribution in [1.82, 2.24) is 0 Å². The van der Waals surface area contributed by atoms with Gasteiger partial charge in [0.15, 0.2) is 0 Å². The van der Waals surface area contributed by atoms with Crippen molar-refractivity contribution in [2.75, 3.05) is 18.1 Å². The molecule has 0 saturated carbocycles. The lowest BCUT2D eigenvalue weighted by atomic mass is 10.0. The van der Waals surface area contributed by atoms with Crippen molar-refractivity contribution in [3.63, 3.8) is 0 Å². The van der Waals surface area contributed by atoms with E-state index in [0.717, 1.165) is 23.8 Å². The fourth-order valence-corrected chi connectivity index (χ4v) is 2.52. The van der Waals surface area contributed by atoms with Crippen LogP contribution in [0.15, 0.2) is 12.2 Å². The van der Waals surface area contributed by atoms with Crippen LogP contribution in [0.25, 0.3) is 0 Å². The largest absolute Gasteiger partial charge is 0.464 e. The van der Waals surface area contributed by atoms with E-state index in [1.54, 1.807) is 0 Å². The second kappa shape index (κ2) is 13.5. The number of allylic oxidation sites excluding steroid dienone is 2. The highest BCUT2D eigenvalue weighted by Crippen LogP contribution is 2.14. The molecule has 0 fully saturated rings. The second-order valence-corrected chi connectivity index (χ2v) is 5.79. The number of hydrogen-bond acceptors (Lipinski definition) is 3. The summed E-state index contributed by atoms with van der Waals surface area (Å²) in [5, 5.41) is 0. The molecular formula is C16H26O2S. The zero-order chi connectivity index (χ0) is 14.3. The predicted molar refractivity (Wildman–Crippen MR) is 84.2 cm³/mol. The van der Waals surface area contributed by atoms with Crippen molar-refractivity contribution in [3.8, 4) is 12.3 Å². The summed E-state index contributed by atoms with van der Waals surface area (Å²) in [6.07, 6.45) is 14.4. The highest BCUT2D eigenvalue weighted by atomic mass is 32.2. The molecule has 0 saturated heterocycles. The molecule has 2 nitrogen and oxygen atoms in total. The number of carbonyl (C=O) groups excluding carboxylic acids is 1. The van der Waals surface area contributed by atoms with E-state index in [1.165, 1.54) is 19.3 Å². The van der Waals surface area contributed by atoms with Crippen LogP contribution in [0, 0.1) is 18.3 Å². The summed E-state index contributed by atoms with van der Waals surface area (Å²) >= 11 is 1.84. The first-order chi connectivity index (χ1) is 9.20. The molecule has 0 spiro atoms. The fourth-order valence-electron chi connectivity index (χ4n) is 1.54. The van der Waals surface area contributed by atoms with Gasteiger partial charge in [-0.1, -0.05) is 31.9 Å². The SMILES string of the molecule is C#CCC(=O)OCCSCCC(C)CC/C=C/CC. The van der Waals surface area contributed by atoms with Crippen LogP contribution in [0.5, 0.6) is 0 Å². The molecule has 0 heterocycles. The summed E-state index contributed by atoms with van der Waals surface area (Å²) < 4.78 is 4.97. The Morgan fingerprint density at radius 3 is 2.84 bits per heavy atom. The quantitative estimate of drug-likeness (QED) is 0.247. The third kappa shape index (κ3) is 13.4. The van der Waals surface area contributed by atoms with Gasteiger partial charge in [-0.05, 0) is 37.4 Å². The van der Waals surface area contributed by atoms with Gasteiger partial charge >= 0.3 is 5.97 Å². The minimum Gasteiger partial charge on any atom is -0.464 e. The molecule has 1 unspecified atom stereocenters. The summed E-state index contributed by atoms with van der Waals surface area (Å²) in [6, 6.07) is 0. The number of esters is 1. The van der Waals surface area contributed by atoms with Crippen LogP contribution in [-0.2, 0) is 9.53 Å². The van der Waals surface area contributed by atoms with Gasteiger partial charge in [0.05, 0.1) is 0 Å². The number of terminal acetylenes is 1. The second-order valence-electron chi connectivity index (χ2n) is 4.56. The monoisotopic (exact) mass is 282 g/mol. The van der Waals surface area contributed by atoms with Gasteiger partial charge in [0.2, 0.25) is 0 Å². The van der Waals surface area contributed by atoms with Crippen molar-refractivity contribution in [3.05, 3.63) is 12.2 Å². The highest BCUT2D eigenvalue weighted by Gasteiger charge is 2.02. The molecule has 0 aromatic rings. The molecule has 0 aliphatic rings. The van der Waals surface area contributed by atoms with Gasteiger partial charge in [-0.15, -0.1) is 6.42 Å². The normalized spacial score (nSPS) is 12.3. The topological polar surface area (TPSA) is 26.3 Å². The Bertz CT molecular complexity index is 292. The van der Waals surface area contributed by atoms with Crippen LogP contribution >= 0.6 is 11.8 Å². The van der Waals surface area contributed by atoms with E-state index in [-0.39, 0.29) is 12.4 Å². The van der Waals surface area contributed by atoms with E-state index in [4.69, 9.17) is 11.2 Å². The Morgan fingerprint density at radius 2 is 2.16 bits per heavy atom. The summed E-state index contributed by atoms with van der Waals surface area (Å²) in [4.78, 5) is 11.0. The number of thioether (sulfide) groups is 1. The third-order valence-corrected chi connectivity index (χ3v) is 3.70. The van der Waals surface area contributed by atoms with E-state index in [1.807, 2.05) is 11.8 Å². The van der Waals surface area contributed by atoms with Crippen LogP contribution < -0.4 is 0 Å². The molecule has 0 aromatic heterocycles. The maximum Gasteiger partial charge on any atom is 0.317 e. The van der Waals surface area contributed by atoms with Gasteiger partial charge in [-0.3, -0.25) is 4.79 Å². The molecule has 0 aliphatic carbocycles. The maximum absolute atomic E-state index is 11.0. The van der Waals surface area contributed by atoms with Crippen LogP contribution in [-0.4, -0.2) is 24.1 Å². The summed E-state index contributed by atoms with van der Waals surface area (Å²) in [5.74, 6) is 4.74. The molecule has 3 heteroatoms. The number of hydrogen-bond donors (Lipinski definition) is 0. The molecule has 0 bridgehead atoms. The van der Waals surface area contributed by atoms with Crippen molar-refractivity contribution in [2.24, 2.45) is 5.92 Å². The lowest BCUT2D eigenvalue weighted by Gasteiger charge is -2.09. The first kappa shape index (κ1) is 18.1. The summed E-state index contributed by atoms with van der Waals surface area (Å²) in [5.41, 5.74) is 0. The molecule has 0 rings (SSSR count). The van der Waals surface area contributed by atoms with Gasteiger partial charge in [0.25, 0.3) is 0 Å². The predicted octanol–water partition coefficient (Wildman–Crippen LogP) is 4.06. The number of ether oxygens (including phenoxy) is 1. The van der Waals surface area contributed by atoms with Crippen LogP contribution in [0.2, 0.25) is 0 Å². The molecule has 0 N–H and O–H groups in total. The van der Waals surface area contributed by atoms with Crippen LogP contribution in [0.3, 0.4) is 0 Å². The minimum absolute atomic E-state index is 0.0764. The average Bonchev–Trinajstić information content (AvgIpc) is 2.39. The Balaban J connectivity index is 3.32. The van der Waals surface area contributed by atoms with Gasteiger partial charge in [0, 0.05) is 5.75 Å². The highest BCUT2D eigenvalue weighted by molar-refractivity contribution is 7.99. The average molecular weight is 282 g/mol. The summed E-state index contributed by atoms with van der Waals surface area (Å²) in [6.45, 7) is 4.93. The molecule has 19 heavy (non-hydrogen) atoms. The number of carbonyl (C=O) groups is 1. The zero-order valence-electron chi connectivity index (χ0n) is 12.2. The van der Waals surface area contributed by atoms with Gasteiger partial charge in [-0.25, -0.2) is 0 Å². The molecule has 0 aliphatic heterocycles. The molecule has 0 radical (unpaired) electrons. The van der Waals surface area contributed by atoms with Crippen molar-refractivity contribution >= 4 is 17.7 Å². The molecule has 1 atom stereocenters. The molecule has 0 amide bonds. The third-order valence-electron chi connectivity index (χ3n) is 2.72.